The molecule has 1 rings (SSSR count). The summed E-state index contributed by atoms with van der Waals surface area (Å²) < 4.78 is 32.0. The SMILES string of the molecule is CCCCC/C=C\CC1OC1C/C=C\C/C=C\CCCC(=O)O[C@H](COC(=O)CCCCCCCCCCCC(C)C)COP(=O)(O)O. The number of hydrogen-bond acceptors (Lipinski definition) is 7. The number of esters is 2. The average Bonchev–Trinajstić information content (AvgIpc) is 3.79. The minimum absolute atomic E-state index is 0.131. The van der Waals surface area contributed by atoms with Crippen molar-refractivity contribution in [1.29, 1.82) is 0 Å². The first kappa shape index (κ1) is 44.3. The molecule has 0 radical (unpaired) electrons. The molecule has 2 N–H and O–H groups in total. The highest BCUT2D eigenvalue weighted by Gasteiger charge is 2.36. The van der Waals surface area contributed by atoms with Crippen molar-refractivity contribution in [2.24, 2.45) is 5.92 Å². The molecule has 0 amide bonds. The number of unbranched alkanes of at least 4 members (excludes halogenated alkanes) is 12. The summed E-state index contributed by atoms with van der Waals surface area (Å²) in [6, 6.07) is 0. The number of hydrogen-bond donors (Lipinski definition) is 2. The van der Waals surface area contributed by atoms with E-state index in [1.807, 2.05) is 6.08 Å². The van der Waals surface area contributed by atoms with Gasteiger partial charge in [-0.3, -0.25) is 14.1 Å². The van der Waals surface area contributed by atoms with Crippen molar-refractivity contribution < 1.29 is 42.7 Å². The van der Waals surface area contributed by atoms with Crippen LogP contribution in [0.25, 0.3) is 0 Å². The molecule has 48 heavy (non-hydrogen) atoms. The summed E-state index contributed by atoms with van der Waals surface area (Å²) in [4.78, 5) is 42.7. The van der Waals surface area contributed by atoms with E-state index in [2.05, 4.69) is 55.7 Å². The van der Waals surface area contributed by atoms with E-state index in [-0.39, 0.29) is 19.4 Å². The lowest BCUT2D eigenvalue weighted by atomic mass is 10.0. The van der Waals surface area contributed by atoms with Crippen LogP contribution in [-0.4, -0.2) is 53.3 Å². The largest absolute Gasteiger partial charge is 0.469 e. The summed E-state index contributed by atoms with van der Waals surface area (Å²) in [5, 5.41) is 0. The summed E-state index contributed by atoms with van der Waals surface area (Å²) in [5.74, 6) is -0.175. The molecule has 9 nitrogen and oxygen atoms in total. The van der Waals surface area contributed by atoms with Crippen LogP contribution in [0.1, 0.15) is 156 Å². The van der Waals surface area contributed by atoms with Crippen molar-refractivity contribution in [3.63, 3.8) is 0 Å². The molecule has 0 bridgehead atoms. The minimum atomic E-state index is -4.77. The molecule has 278 valence electrons. The Morgan fingerprint density at radius 1 is 0.708 bits per heavy atom. The number of carbonyl (C=O) groups excluding carboxylic acids is 2. The van der Waals surface area contributed by atoms with Gasteiger partial charge in [0.15, 0.2) is 6.10 Å². The van der Waals surface area contributed by atoms with Crippen LogP contribution < -0.4 is 0 Å². The minimum Gasteiger partial charge on any atom is -0.462 e. The number of ether oxygens (including phenoxy) is 3. The number of rotatable bonds is 32. The molecule has 0 aromatic rings. The second-order valence-corrected chi connectivity index (χ2v) is 14.7. The van der Waals surface area contributed by atoms with Crippen molar-refractivity contribution in [3.05, 3.63) is 36.5 Å². The molecule has 1 fully saturated rings. The first-order valence-electron chi connectivity index (χ1n) is 18.8. The van der Waals surface area contributed by atoms with Gasteiger partial charge in [-0.25, -0.2) is 4.57 Å². The van der Waals surface area contributed by atoms with Gasteiger partial charge in [0.05, 0.1) is 18.8 Å². The van der Waals surface area contributed by atoms with E-state index in [4.69, 9.17) is 24.0 Å². The third-order valence-corrected chi connectivity index (χ3v) is 8.73. The monoisotopic (exact) mass is 698 g/mol. The molecule has 3 atom stereocenters. The van der Waals surface area contributed by atoms with Crippen LogP contribution in [0, 0.1) is 5.92 Å². The Balaban J connectivity index is 2.15. The van der Waals surface area contributed by atoms with Crippen LogP contribution in [0.2, 0.25) is 0 Å². The number of carbonyl (C=O) groups is 2. The predicted octanol–water partition coefficient (Wildman–Crippen LogP) is 9.85. The van der Waals surface area contributed by atoms with Gasteiger partial charge in [-0.05, 0) is 57.3 Å². The lowest BCUT2D eigenvalue weighted by Gasteiger charge is -2.18. The number of phosphoric acid groups is 1. The van der Waals surface area contributed by atoms with Gasteiger partial charge in [-0.15, -0.1) is 0 Å². The molecule has 10 heteroatoms. The van der Waals surface area contributed by atoms with Crippen LogP contribution >= 0.6 is 7.82 Å². The van der Waals surface area contributed by atoms with Gasteiger partial charge in [0.2, 0.25) is 0 Å². The first-order valence-corrected chi connectivity index (χ1v) is 20.3. The fraction of sp³-hybridized carbons (Fsp3) is 0.789. The van der Waals surface area contributed by atoms with Gasteiger partial charge in [0.1, 0.15) is 6.61 Å². The molecule has 0 aromatic carbocycles. The zero-order valence-electron chi connectivity index (χ0n) is 30.2. The van der Waals surface area contributed by atoms with Gasteiger partial charge in [0, 0.05) is 12.8 Å². The Labute approximate surface area is 291 Å². The molecular weight excluding hydrogens is 631 g/mol. The highest BCUT2D eigenvalue weighted by Crippen LogP contribution is 2.36. The van der Waals surface area contributed by atoms with E-state index in [1.165, 1.54) is 57.8 Å². The van der Waals surface area contributed by atoms with E-state index in [1.54, 1.807) is 0 Å². The maximum absolute atomic E-state index is 12.4. The van der Waals surface area contributed by atoms with E-state index in [9.17, 15) is 14.2 Å². The third kappa shape index (κ3) is 29.2. The van der Waals surface area contributed by atoms with E-state index in [0.717, 1.165) is 50.9 Å². The van der Waals surface area contributed by atoms with Crippen molar-refractivity contribution in [2.75, 3.05) is 13.2 Å². The second kappa shape index (κ2) is 29.0. The molecule has 2 unspecified atom stereocenters. The molecule has 0 saturated carbocycles. The van der Waals surface area contributed by atoms with E-state index < -0.39 is 32.5 Å². The van der Waals surface area contributed by atoms with E-state index >= 15 is 0 Å². The van der Waals surface area contributed by atoms with E-state index in [0.29, 0.717) is 31.5 Å². The third-order valence-electron chi connectivity index (χ3n) is 8.24. The highest BCUT2D eigenvalue weighted by atomic mass is 31.2. The summed E-state index contributed by atoms with van der Waals surface area (Å²) in [6.07, 6.45) is 33.4. The second-order valence-electron chi connectivity index (χ2n) is 13.4. The van der Waals surface area contributed by atoms with Crippen LogP contribution in [0.15, 0.2) is 36.5 Å². The zero-order valence-corrected chi connectivity index (χ0v) is 31.1. The summed E-state index contributed by atoms with van der Waals surface area (Å²) in [5.41, 5.74) is 0. The molecule has 0 aromatic heterocycles. The maximum atomic E-state index is 12.4. The van der Waals surface area contributed by atoms with Crippen LogP contribution in [0.3, 0.4) is 0 Å². The molecule has 0 spiro atoms. The van der Waals surface area contributed by atoms with Crippen molar-refractivity contribution in [2.45, 2.75) is 174 Å². The van der Waals surface area contributed by atoms with Crippen LogP contribution in [-0.2, 0) is 32.9 Å². The van der Waals surface area contributed by atoms with Crippen LogP contribution in [0.4, 0.5) is 0 Å². The smallest absolute Gasteiger partial charge is 0.462 e. The Bertz CT molecular complexity index is 956. The fourth-order valence-corrected chi connectivity index (χ4v) is 5.66. The standard InChI is InChI=1S/C38H67O9P/c1-4-5-6-7-17-22-27-35-36(47-35)28-23-18-13-11-15-20-25-30-38(40)46-34(32-45-48(41,42)43)31-44-37(39)29-24-19-14-10-8-9-12-16-21-26-33(2)3/h11,15,17-18,22-23,33-36H,4-10,12-14,16,19-21,24-32H2,1-3H3,(H2,41,42,43)/b15-11-,22-17-,23-18-/t34-,35?,36?/m1/s1. The normalized spacial score (nSPS) is 17.2. The predicted molar refractivity (Wildman–Crippen MR) is 192 cm³/mol. The van der Waals surface area contributed by atoms with Crippen LogP contribution in [0.5, 0.6) is 0 Å². The van der Waals surface area contributed by atoms with Gasteiger partial charge in [-0.1, -0.05) is 128 Å². The van der Waals surface area contributed by atoms with Crippen molar-refractivity contribution >= 4 is 19.8 Å². The molecule has 1 aliphatic rings. The van der Waals surface area contributed by atoms with Gasteiger partial charge in [0.25, 0.3) is 0 Å². The Morgan fingerprint density at radius 3 is 1.92 bits per heavy atom. The first-order chi connectivity index (χ1) is 23.1. The maximum Gasteiger partial charge on any atom is 0.469 e. The summed E-state index contributed by atoms with van der Waals surface area (Å²) in [6.45, 7) is 5.88. The molecular formula is C38H67O9P. The van der Waals surface area contributed by atoms with Gasteiger partial charge < -0.3 is 24.0 Å². The lowest BCUT2D eigenvalue weighted by Crippen LogP contribution is -2.29. The molecule has 0 aliphatic carbocycles. The van der Waals surface area contributed by atoms with Gasteiger partial charge >= 0.3 is 19.8 Å². The summed E-state index contributed by atoms with van der Waals surface area (Å²) in [7, 11) is -4.77. The Morgan fingerprint density at radius 2 is 1.27 bits per heavy atom. The highest BCUT2D eigenvalue weighted by molar-refractivity contribution is 7.46. The quantitative estimate of drug-likeness (QED) is 0.0232. The number of epoxide rings is 1. The molecule has 1 aliphatic heterocycles. The summed E-state index contributed by atoms with van der Waals surface area (Å²) >= 11 is 0. The topological polar surface area (TPSA) is 132 Å². The Hall–Kier alpha value is -1.77. The lowest BCUT2D eigenvalue weighted by molar-refractivity contribution is -0.161. The molecule has 1 heterocycles. The van der Waals surface area contributed by atoms with Gasteiger partial charge in [-0.2, -0.15) is 0 Å². The number of allylic oxidation sites excluding steroid dienone is 4. The fourth-order valence-electron chi connectivity index (χ4n) is 5.30. The molecule has 1 saturated heterocycles. The number of phosphoric ester groups is 1. The van der Waals surface area contributed by atoms with Crippen molar-refractivity contribution in [3.8, 4) is 0 Å². The van der Waals surface area contributed by atoms with Crippen molar-refractivity contribution in [1.82, 2.24) is 0 Å². The zero-order chi connectivity index (χ0) is 35.3. The Kier molecular flexibility index (Phi) is 26.7. The average molecular weight is 699 g/mol.